The molecule has 0 spiro atoms. The highest BCUT2D eigenvalue weighted by Gasteiger charge is 2.67. The van der Waals surface area contributed by atoms with Gasteiger partial charge in [-0.25, -0.2) is 0 Å². The van der Waals surface area contributed by atoms with E-state index in [4.69, 9.17) is 0 Å². The number of alkyl halides is 3. The third-order valence-corrected chi connectivity index (χ3v) is 13.2. The highest BCUT2D eigenvalue weighted by atomic mass is 19.4. The minimum Gasteiger partial charge on any atom is -0.348 e. The molecule has 7 atom stereocenters. The predicted octanol–water partition coefficient (Wildman–Crippen LogP) is 7.27. The lowest BCUT2D eigenvalue weighted by molar-refractivity contribution is -0.174. The quantitative estimate of drug-likeness (QED) is 0.369. The fourth-order valence-electron chi connectivity index (χ4n) is 10.5. The van der Waals surface area contributed by atoms with Crippen LogP contribution >= 0.6 is 0 Å². The van der Waals surface area contributed by atoms with Crippen molar-refractivity contribution in [2.24, 2.45) is 50.2 Å². The maximum atomic E-state index is 14.3. The molecule has 5 aliphatic carbocycles. The molecule has 8 heteroatoms. The van der Waals surface area contributed by atoms with Gasteiger partial charge in [0.1, 0.15) is 6.07 Å². The summed E-state index contributed by atoms with van der Waals surface area (Å²) in [5.41, 5.74) is -1.62. The fraction of sp³-hybridized carbons (Fsp3) is 0.765. The van der Waals surface area contributed by atoms with E-state index >= 15 is 0 Å². The number of nitrogens with zero attached hydrogens (tertiary/aromatic N) is 1. The Morgan fingerprint density at radius 2 is 1.67 bits per heavy atom. The van der Waals surface area contributed by atoms with Gasteiger partial charge in [-0.1, -0.05) is 60.1 Å². The topological polar surface area (TPSA) is 87.0 Å². The van der Waals surface area contributed by atoms with Gasteiger partial charge in [0.15, 0.2) is 11.6 Å². The predicted molar refractivity (Wildman–Crippen MR) is 153 cm³/mol. The Kier molecular flexibility index (Phi) is 6.86. The molecule has 5 aliphatic rings. The van der Waals surface area contributed by atoms with Gasteiger partial charge < -0.3 is 5.32 Å². The summed E-state index contributed by atoms with van der Waals surface area (Å²) in [5, 5.41) is 12.1. The van der Waals surface area contributed by atoms with Crippen LogP contribution in [-0.4, -0.2) is 30.2 Å². The van der Waals surface area contributed by atoms with Crippen molar-refractivity contribution < 1.29 is 27.6 Å². The summed E-state index contributed by atoms with van der Waals surface area (Å²) in [5.74, 6) is -2.34. The molecule has 1 amide bonds. The average molecular weight is 587 g/mol. The number of hydrogen-bond acceptors (Lipinski definition) is 4. The van der Waals surface area contributed by atoms with Crippen LogP contribution in [0, 0.1) is 61.6 Å². The molecule has 3 fully saturated rings. The molecule has 0 aromatic heterocycles. The van der Waals surface area contributed by atoms with Crippen molar-refractivity contribution in [2.45, 2.75) is 106 Å². The first-order valence-electron chi connectivity index (χ1n) is 15.5. The molecule has 5 nitrogen and oxygen atoms in total. The number of halogens is 3. The van der Waals surface area contributed by atoms with Gasteiger partial charge in [0.05, 0.1) is 5.57 Å². The lowest BCUT2D eigenvalue weighted by Crippen LogP contribution is -2.59. The summed E-state index contributed by atoms with van der Waals surface area (Å²) >= 11 is 0. The van der Waals surface area contributed by atoms with Crippen LogP contribution in [-0.2, 0) is 14.4 Å². The van der Waals surface area contributed by atoms with Crippen LogP contribution in [0.25, 0.3) is 0 Å². The zero-order chi connectivity index (χ0) is 31.3. The number of allylic oxidation sites excluding steroid dienone is 4. The number of ketones is 2. The summed E-state index contributed by atoms with van der Waals surface area (Å²) < 4.78 is 39.6. The average Bonchev–Trinajstić information content (AvgIpc) is 3.01. The van der Waals surface area contributed by atoms with Crippen LogP contribution in [0.15, 0.2) is 23.3 Å². The van der Waals surface area contributed by atoms with Crippen molar-refractivity contribution >= 4 is 17.5 Å². The molecule has 1 N–H and O–H groups in total. The number of fused-ring (bicyclic) bond motifs is 6. The maximum absolute atomic E-state index is 14.3. The van der Waals surface area contributed by atoms with Crippen LogP contribution in [0.5, 0.6) is 0 Å². The van der Waals surface area contributed by atoms with E-state index in [-0.39, 0.29) is 46.9 Å². The van der Waals surface area contributed by atoms with Gasteiger partial charge in [-0.3, -0.25) is 14.4 Å². The fourth-order valence-corrected chi connectivity index (χ4v) is 10.5. The van der Waals surface area contributed by atoms with Gasteiger partial charge in [-0.2, -0.15) is 18.4 Å². The molecule has 0 heterocycles. The minimum absolute atomic E-state index is 0.00416. The molecule has 3 saturated carbocycles. The van der Waals surface area contributed by atoms with E-state index in [9.17, 15) is 32.8 Å². The summed E-state index contributed by atoms with van der Waals surface area (Å²) in [6.07, 6.45) is 4.51. The first kappa shape index (κ1) is 31.0. The van der Waals surface area contributed by atoms with E-state index in [1.54, 1.807) is 0 Å². The van der Waals surface area contributed by atoms with Gasteiger partial charge in [0.25, 0.3) is 0 Å². The smallest absolute Gasteiger partial charge is 0.348 e. The van der Waals surface area contributed by atoms with Crippen LogP contribution in [0.4, 0.5) is 13.2 Å². The zero-order valence-corrected chi connectivity index (χ0v) is 26.1. The lowest BCUT2D eigenvalue weighted by atomic mass is 9.38. The number of nitriles is 1. The largest absolute Gasteiger partial charge is 0.471 e. The Balaban J connectivity index is 1.59. The van der Waals surface area contributed by atoms with E-state index in [1.165, 1.54) is 0 Å². The van der Waals surface area contributed by atoms with Crippen molar-refractivity contribution in [1.29, 1.82) is 5.26 Å². The molecule has 230 valence electrons. The van der Waals surface area contributed by atoms with Gasteiger partial charge >= 0.3 is 12.1 Å². The van der Waals surface area contributed by atoms with Gasteiger partial charge in [0.2, 0.25) is 0 Å². The Bertz CT molecular complexity index is 1340. The monoisotopic (exact) mass is 586 g/mol. The summed E-state index contributed by atoms with van der Waals surface area (Å²) in [7, 11) is 0. The van der Waals surface area contributed by atoms with E-state index < -0.39 is 39.2 Å². The maximum Gasteiger partial charge on any atom is 0.471 e. The number of rotatable bonds is 2. The number of hydrogen-bond donors (Lipinski definition) is 1. The van der Waals surface area contributed by atoms with Crippen molar-refractivity contribution in [3.63, 3.8) is 0 Å². The van der Waals surface area contributed by atoms with Crippen LogP contribution in [0.1, 0.15) is 99.8 Å². The normalized spacial score (nSPS) is 42.4. The molecular formula is C34H45F3N2O3. The van der Waals surface area contributed by atoms with Crippen LogP contribution in [0.2, 0.25) is 0 Å². The Morgan fingerprint density at radius 3 is 2.29 bits per heavy atom. The standard InChI is InChI=1S/C34H45F3N2O3/c1-28(2)10-12-33(19-39-27(42)34(35,36)37)13-11-31(6)22(14-21(33)17-28)23(40)15-25-30(5)16-20(18-38)26(41)29(3,4)24(30)8-9-32(25,31)7/h15-16,21-22,24H,8-14,17,19H2,1-7H3,(H,39,42)/t21?,22?,24-,30-,31+,32+,33?/m0/s1. The Labute approximate surface area is 247 Å². The van der Waals surface area contributed by atoms with Gasteiger partial charge in [-0.05, 0) is 90.9 Å². The minimum atomic E-state index is -4.94. The van der Waals surface area contributed by atoms with Gasteiger partial charge in [0, 0.05) is 23.3 Å². The molecule has 0 bridgehead atoms. The summed E-state index contributed by atoms with van der Waals surface area (Å²) in [6.45, 7) is 14.7. The molecule has 0 aromatic rings. The van der Waals surface area contributed by atoms with Crippen LogP contribution < -0.4 is 5.32 Å². The molecule has 0 aromatic carbocycles. The Hall–Kier alpha value is -2.43. The molecule has 0 saturated heterocycles. The van der Waals surface area contributed by atoms with Crippen molar-refractivity contribution in [3.8, 4) is 6.07 Å². The molecular weight excluding hydrogens is 541 g/mol. The van der Waals surface area contributed by atoms with Gasteiger partial charge in [-0.15, -0.1) is 0 Å². The van der Waals surface area contributed by atoms with E-state index in [1.807, 2.05) is 26.0 Å². The zero-order valence-electron chi connectivity index (χ0n) is 26.1. The molecule has 0 aliphatic heterocycles. The number of Topliss-reactive ketones (excluding diaryl/α,β-unsaturated/α-hetero) is 1. The second kappa shape index (κ2) is 9.29. The molecule has 0 radical (unpaired) electrons. The number of nitrogens with one attached hydrogen (secondary N) is 1. The van der Waals surface area contributed by atoms with Crippen LogP contribution in [0.3, 0.4) is 0 Å². The van der Waals surface area contributed by atoms with Crippen molar-refractivity contribution in [2.75, 3.05) is 6.54 Å². The second-order valence-electron chi connectivity index (χ2n) is 16.2. The molecule has 3 unspecified atom stereocenters. The summed E-state index contributed by atoms with van der Waals surface area (Å²) in [4.78, 5) is 39.5. The first-order valence-corrected chi connectivity index (χ1v) is 15.5. The third kappa shape index (κ3) is 4.26. The summed E-state index contributed by atoms with van der Waals surface area (Å²) in [6, 6.07) is 2.13. The Morgan fingerprint density at radius 1 is 1.02 bits per heavy atom. The van der Waals surface area contributed by atoms with E-state index in [0.29, 0.717) is 25.7 Å². The first-order chi connectivity index (χ1) is 19.2. The van der Waals surface area contributed by atoms with Crippen molar-refractivity contribution in [3.05, 3.63) is 23.3 Å². The highest BCUT2D eigenvalue weighted by Crippen LogP contribution is 2.72. The third-order valence-electron chi connectivity index (χ3n) is 13.2. The van der Waals surface area contributed by atoms with E-state index in [2.05, 4.69) is 46.0 Å². The SMILES string of the molecule is CC1(C)CCC2(CNC(=O)C(F)(F)F)CC[C@]3(C)C(CC2C1)C(=O)C=C1[C@@]2(C)C=C(C#N)C(=O)C(C)(C)[C@@H]2CC[C@]13C. The van der Waals surface area contributed by atoms with Crippen molar-refractivity contribution in [1.82, 2.24) is 5.32 Å². The number of amides is 1. The second-order valence-corrected chi connectivity index (χ2v) is 16.2. The molecule has 42 heavy (non-hydrogen) atoms. The highest BCUT2D eigenvalue weighted by molar-refractivity contribution is 6.04. The number of carbonyl (C=O) groups excluding carboxylic acids is 3. The van der Waals surface area contributed by atoms with E-state index in [0.717, 1.165) is 31.3 Å². The molecule has 5 rings (SSSR count). The lowest BCUT2D eigenvalue weighted by Gasteiger charge is -2.64. The number of carbonyl (C=O) groups is 3.